The number of ether oxygens (including phenoxy) is 1. The minimum atomic E-state index is -0.318. The van der Waals surface area contributed by atoms with Gasteiger partial charge < -0.3 is 10.1 Å². The van der Waals surface area contributed by atoms with Crippen molar-refractivity contribution in [2.45, 2.75) is 13.2 Å². The van der Waals surface area contributed by atoms with Gasteiger partial charge in [-0.25, -0.2) is 4.39 Å². The maximum absolute atomic E-state index is 13.4. The molecule has 0 amide bonds. The molecule has 0 unspecified atom stereocenters. The molecule has 1 N–H and O–H groups in total. The lowest BCUT2D eigenvalue weighted by atomic mass is 10.2. The standard InChI is InChI=1S/C15H14Cl2FNO/c1-19-8-11-4-12(18)7-13(5-11)20-9-10-2-3-14(16)15(17)6-10/h2-7,19H,8-9H2,1H3. The Balaban J connectivity index is 2.08. The van der Waals surface area contributed by atoms with E-state index >= 15 is 0 Å². The topological polar surface area (TPSA) is 21.3 Å². The third-order valence-electron chi connectivity index (χ3n) is 2.70. The minimum Gasteiger partial charge on any atom is -0.489 e. The van der Waals surface area contributed by atoms with Crippen LogP contribution in [0, 0.1) is 5.82 Å². The number of hydrogen-bond acceptors (Lipinski definition) is 2. The molecule has 0 fully saturated rings. The molecule has 0 bridgehead atoms. The van der Waals surface area contributed by atoms with Crippen molar-refractivity contribution >= 4 is 23.2 Å². The first-order chi connectivity index (χ1) is 9.58. The Labute approximate surface area is 127 Å². The molecule has 0 aliphatic rings. The van der Waals surface area contributed by atoms with Crippen molar-refractivity contribution in [3.05, 3.63) is 63.4 Å². The van der Waals surface area contributed by atoms with Crippen molar-refractivity contribution in [3.63, 3.8) is 0 Å². The Morgan fingerprint density at radius 2 is 1.85 bits per heavy atom. The van der Waals surface area contributed by atoms with Crippen molar-refractivity contribution in [2.24, 2.45) is 0 Å². The highest BCUT2D eigenvalue weighted by atomic mass is 35.5. The van der Waals surface area contributed by atoms with E-state index in [1.54, 1.807) is 25.2 Å². The van der Waals surface area contributed by atoms with E-state index in [0.29, 0.717) is 28.9 Å². The highest BCUT2D eigenvalue weighted by molar-refractivity contribution is 6.42. The maximum Gasteiger partial charge on any atom is 0.127 e. The Morgan fingerprint density at radius 1 is 1.05 bits per heavy atom. The summed E-state index contributed by atoms with van der Waals surface area (Å²) in [6.07, 6.45) is 0. The summed E-state index contributed by atoms with van der Waals surface area (Å²) in [5.41, 5.74) is 1.70. The van der Waals surface area contributed by atoms with Crippen molar-refractivity contribution < 1.29 is 9.13 Å². The van der Waals surface area contributed by atoms with Crippen LogP contribution >= 0.6 is 23.2 Å². The average molecular weight is 314 g/mol. The molecule has 2 aromatic rings. The molecule has 106 valence electrons. The van der Waals surface area contributed by atoms with Crippen molar-refractivity contribution in [1.29, 1.82) is 0 Å². The van der Waals surface area contributed by atoms with E-state index in [1.165, 1.54) is 12.1 Å². The molecule has 0 spiro atoms. The quantitative estimate of drug-likeness (QED) is 0.881. The van der Waals surface area contributed by atoms with Crippen LogP contribution in [0.4, 0.5) is 4.39 Å². The van der Waals surface area contributed by atoms with E-state index in [-0.39, 0.29) is 5.82 Å². The Hall–Kier alpha value is -1.29. The molecule has 0 saturated carbocycles. The van der Waals surface area contributed by atoms with Crippen molar-refractivity contribution in [3.8, 4) is 5.75 Å². The lowest BCUT2D eigenvalue weighted by Gasteiger charge is -2.09. The van der Waals surface area contributed by atoms with Crippen LogP contribution in [0.15, 0.2) is 36.4 Å². The molecular weight excluding hydrogens is 300 g/mol. The van der Waals surface area contributed by atoms with Gasteiger partial charge in [0, 0.05) is 12.6 Å². The molecule has 2 rings (SSSR count). The second kappa shape index (κ2) is 6.93. The van der Waals surface area contributed by atoms with E-state index in [9.17, 15) is 4.39 Å². The molecule has 0 saturated heterocycles. The molecule has 5 heteroatoms. The van der Waals surface area contributed by atoms with Gasteiger partial charge in [0.1, 0.15) is 18.2 Å². The van der Waals surface area contributed by atoms with Crippen LogP contribution in [0.1, 0.15) is 11.1 Å². The fourth-order valence-corrected chi connectivity index (χ4v) is 2.13. The van der Waals surface area contributed by atoms with Crippen LogP contribution in [0.2, 0.25) is 10.0 Å². The summed E-state index contributed by atoms with van der Waals surface area (Å²) in [5.74, 6) is 0.170. The zero-order valence-electron chi connectivity index (χ0n) is 10.9. The van der Waals surface area contributed by atoms with E-state index < -0.39 is 0 Å². The van der Waals surface area contributed by atoms with Gasteiger partial charge in [-0.3, -0.25) is 0 Å². The Kier molecular flexibility index (Phi) is 5.24. The summed E-state index contributed by atoms with van der Waals surface area (Å²) in [6, 6.07) is 9.90. The molecule has 0 radical (unpaired) electrons. The lowest BCUT2D eigenvalue weighted by molar-refractivity contribution is 0.304. The molecule has 0 heterocycles. The number of halogens is 3. The molecule has 0 aromatic heterocycles. The van der Waals surface area contributed by atoms with Gasteiger partial charge in [-0.2, -0.15) is 0 Å². The first-order valence-corrected chi connectivity index (χ1v) is 6.85. The number of benzene rings is 2. The predicted octanol–water partition coefficient (Wildman–Crippen LogP) is 4.43. The zero-order chi connectivity index (χ0) is 14.5. The van der Waals surface area contributed by atoms with Crippen LogP contribution in [-0.2, 0) is 13.2 Å². The van der Waals surface area contributed by atoms with Crippen LogP contribution in [-0.4, -0.2) is 7.05 Å². The summed E-state index contributed by atoms with van der Waals surface area (Å²) in [5, 5.41) is 3.94. The summed E-state index contributed by atoms with van der Waals surface area (Å²) in [6.45, 7) is 0.889. The Bertz CT molecular complexity index is 604. The van der Waals surface area contributed by atoms with E-state index in [1.807, 2.05) is 6.07 Å². The van der Waals surface area contributed by atoms with Gasteiger partial charge in [0.25, 0.3) is 0 Å². The molecular formula is C15H14Cl2FNO. The second-order valence-corrected chi connectivity index (χ2v) is 5.18. The van der Waals surface area contributed by atoms with E-state index in [4.69, 9.17) is 27.9 Å². The third-order valence-corrected chi connectivity index (χ3v) is 3.44. The van der Waals surface area contributed by atoms with Gasteiger partial charge in [-0.15, -0.1) is 0 Å². The number of nitrogens with one attached hydrogen (secondary N) is 1. The molecule has 0 atom stereocenters. The van der Waals surface area contributed by atoms with Crippen molar-refractivity contribution in [1.82, 2.24) is 5.32 Å². The number of rotatable bonds is 5. The van der Waals surface area contributed by atoms with E-state index in [2.05, 4.69) is 5.32 Å². The molecule has 0 aliphatic heterocycles. The highest BCUT2D eigenvalue weighted by Crippen LogP contribution is 2.24. The van der Waals surface area contributed by atoms with Crippen LogP contribution in [0.3, 0.4) is 0 Å². The van der Waals surface area contributed by atoms with Gasteiger partial charge in [0.2, 0.25) is 0 Å². The Morgan fingerprint density at radius 3 is 2.55 bits per heavy atom. The molecule has 2 nitrogen and oxygen atoms in total. The summed E-state index contributed by atoms with van der Waals surface area (Å²) in [4.78, 5) is 0. The van der Waals surface area contributed by atoms with Gasteiger partial charge in [-0.1, -0.05) is 29.3 Å². The third kappa shape index (κ3) is 4.10. The fraction of sp³-hybridized carbons (Fsp3) is 0.200. The van der Waals surface area contributed by atoms with Crippen molar-refractivity contribution in [2.75, 3.05) is 7.05 Å². The normalized spacial score (nSPS) is 10.6. The number of hydrogen-bond donors (Lipinski definition) is 1. The SMILES string of the molecule is CNCc1cc(F)cc(OCc2ccc(Cl)c(Cl)c2)c1. The molecule has 0 aliphatic carbocycles. The largest absolute Gasteiger partial charge is 0.489 e. The average Bonchev–Trinajstić information content (AvgIpc) is 2.40. The monoisotopic (exact) mass is 313 g/mol. The summed E-state index contributed by atoms with van der Waals surface area (Å²) >= 11 is 11.8. The van der Waals surface area contributed by atoms with E-state index in [0.717, 1.165) is 11.1 Å². The van der Waals surface area contributed by atoms with Gasteiger partial charge in [-0.05, 0) is 42.4 Å². The zero-order valence-corrected chi connectivity index (χ0v) is 12.4. The second-order valence-electron chi connectivity index (χ2n) is 4.36. The summed E-state index contributed by atoms with van der Waals surface area (Å²) in [7, 11) is 1.81. The lowest BCUT2D eigenvalue weighted by Crippen LogP contribution is -2.06. The summed E-state index contributed by atoms with van der Waals surface area (Å²) < 4.78 is 19.0. The molecule has 2 aromatic carbocycles. The van der Waals surface area contributed by atoms with Crippen LogP contribution in [0.5, 0.6) is 5.75 Å². The van der Waals surface area contributed by atoms with Gasteiger partial charge in [0.15, 0.2) is 0 Å². The smallest absolute Gasteiger partial charge is 0.127 e. The minimum absolute atomic E-state index is 0.305. The van der Waals surface area contributed by atoms with Crippen LogP contribution < -0.4 is 10.1 Å². The van der Waals surface area contributed by atoms with Gasteiger partial charge >= 0.3 is 0 Å². The van der Waals surface area contributed by atoms with Crippen LogP contribution in [0.25, 0.3) is 0 Å². The predicted molar refractivity (Wildman–Crippen MR) is 80.0 cm³/mol. The first-order valence-electron chi connectivity index (χ1n) is 6.09. The first kappa shape index (κ1) is 15.1. The maximum atomic E-state index is 13.4. The highest BCUT2D eigenvalue weighted by Gasteiger charge is 2.04. The fourth-order valence-electron chi connectivity index (χ4n) is 1.81. The van der Waals surface area contributed by atoms with Gasteiger partial charge in [0.05, 0.1) is 10.0 Å². The molecule has 20 heavy (non-hydrogen) atoms.